The summed E-state index contributed by atoms with van der Waals surface area (Å²) in [7, 11) is 0. The summed E-state index contributed by atoms with van der Waals surface area (Å²) in [4.78, 5) is 15.9. The fraction of sp³-hybridized carbons (Fsp3) is 0.667. The summed E-state index contributed by atoms with van der Waals surface area (Å²) in [5.74, 6) is 0.698. The van der Waals surface area contributed by atoms with E-state index >= 15 is 0 Å². The van der Waals surface area contributed by atoms with Gasteiger partial charge in [-0.25, -0.2) is 9.78 Å². The molecule has 6 nitrogen and oxygen atoms in total. The van der Waals surface area contributed by atoms with Crippen LogP contribution < -0.4 is 5.73 Å². The zero-order chi connectivity index (χ0) is 13.1. The SMILES string of the molecule is CCOC(=O)c1nc(C)n(C2CCOCC2)c1N. The van der Waals surface area contributed by atoms with Crippen LogP contribution in [-0.2, 0) is 9.47 Å². The molecule has 6 heteroatoms. The van der Waals surface area contributed by atoms with Crippen molar-refractivity contribution in [2.75, 3.05) is 25.6 Å². The van der Waals surface area contributed by atoms with Gasteiger partial charge in [0.2, 0.25) is 0 Å². The van der Waals surface area contributed by atoms with Crippen LogP contribution in [0.2, 0.25) is 0 Å². The number of hydrogen-bond donors (Lipinski definition) is 1. The third-order valence-corrected chi connectivity index (χ3v) is 3.15. The molecule has 0 unspecified atom stereocenters. The lowest BCUT2D eigenvalue weighted by Gasteiger charge is -2.25. The third kappa shape index (κ3) is 2.33. The van der Waals surface area contributed by atoms with Gasteiger partial charge in [0.25, 0.3) is 0 Å². The van der Waals surface area contributed by atoms with Crippen molar-refractivity contribution >= 4 is 11.8 Å². The Hall–Kier alpha value is -1.56. The molecule has 0 spiro atoms. The lowest BCUT2D eigenvalue weighted by Crippen LogP contribution is -2.22. The van der Waals surface area contributed by atoms with E-state index in [1.165, 1.54) is 0 Å². The Kier molecular flexibility index (Phi) is 3.86. The number of aryl methyl sites for hydroxylation is 1. The van der Waals surface area contributed by atoms with Crippen LogP contribution in [0, 0.1) is 6.92 Å². The number of hydrogen-bond acceptors (Lipinski definition) is 5. The minimum Gasteiger partial charge on any atom is -0.461 e. The number of aromatic nitrogens is 2. The number of nitrogen functional groups attached to an aromatic ring is 1. The summed E-state index contributed by atoms with van der Waals surface area (Å²) in [5, 5.41) is 0. The molecular formula is C12H19N3O3. The van der Waals surface area contributed by atoms with Gasteiger partial charge in [0.1, 0.15) is 11.6 Å². The van der Waals surface area contributed by atoms with Crippen molar-refractivity contribution in [1.29, 1.82) is 0 Å². The molecule has 1 aliphatic heterocycles. The summed E-state index contributed by atoms with van der Waals surface area (Å²) in [6.45, 7) is 5.37. The molecule has 100 valence electrons. The fourth-order valence-corrected chi connectivity index (χ4v) is 2.32. The van der Waals surface area contributed by atoms with Gasteiger partial charge < -0.3 is 19.8 Å². The average Bonchev–Trinajstić information content (AvgIpc) is 2.66. The maximum absolute atomic E-state index is 11.7. The highest BCUT2D eigenvalue weighted by Crippen LogP contribution is 2.27. The van der Waals surface area contributed by atoms with Crippen molar-refractivity contribution in [3.8, 4) is 0 Å². The number of nitrogens with two attached hydrogens (primary N) is 1. The van der Waals surface area contributed by atoms with E-state index in [1.54, 1.807) is 6.92 Å². The Morgan fingerprint density at radius 1 is 1.56 bits per heavy atom. The quantitative estimate of drug-likeness (QED) is 0.821. The van der Waals surface area contributed by atoms with Crippen molar-refractivity contribution in [2.45, 2.75) is 32.7 Å². The number of imidazole rings is 1. The molecule has 1 fully saturated rings. The highest BCUT2D eigenvalue weighted by molar-refractivity contribution is 5.92. The Labute approximate surface area is 106 Å². The maximum Gasteiger partial charge on any atom is 0.360 e. The van der Waals surface area contributed by atoms with Crippen LogP contribution >= 0.6 is 0 Å². The van der Waals surface area contributed by atoms with Gasteiger partial charge in [-0.05, 0) is 26.7 Å². The highest BCUT2D eigenvalue weighted by atomic mass is 16.5. The van der Waals surface area contributed by atoms with Crippen molar-refractivity contribution in [2.24, 2.45) is 0 Å². The van der Waals surface area contributed by atoms with Gasteiger partial charge in [0.15, 0.2) is 5.69 Å². The van der Waals surface area contributed by atoms with Crippen LogP contribution in [0.4, 0.5) is 5.82 Å². The first kappa shape index (κ1) is 12.9. The number of anilines is 1. The molecule has 1 saturated heterocycles. The molecule has 0 aromatic carbocycles. The molecule has 0 atom stereocenters. The van der Waals surface area contributed by atoms with Crippen LogP contribution in [0.5, 0.6) is 0 Å². The molecule has 0 aliphatic carbocycles. The lowest BCUT2D eigenvalue weighted by molar-refractivity contribution is 0.0521. The van der Waals surface area contributed by atoms with Gasteiger partial charge in [-0.2, -0.15) is 0 Å². The third-order valence-electron chi connectivity index (χ3n) is 3.15. The zero-order valence-corrected chi connectivity index (χ0v) is 10.8. The number of esters is 1. The molecule has 2 rings (SSSR count). The van der Waals surface area contributed by atoms with Gasteiger partial charge >= 0.3 is 5.97 Å². The Balaban J connectivity index is 2.28. The van der Waals surface area contributed by atoms with E-state index in [0.717, 1.165) is 31.9 Å². The first-order chi connectivity index (χ1) is 8.65. The lowest BCUT2D eigenvalue weighted by atomic mass is 10.1. The molecule has 2 N–H and O–H groups in total. The van der Waals surface area contributed by atoms with Gasteiger partial charge in [-0.1, -0.05) is 0 Å². The Bertz CT molecular complexity index is 436. The summed E-state index contributed by atoms with van der Waals surface area (Å²) in [5.41, 5.74) is 6.25. The van der Waals surface area contributed by atoms with Crippen LogP contribution in [0.1, 0.15) is 42.1 Å². The predicted octanol–water partition coefficient (Wildman–Crippen LogP) is 1.30. The highest BCUT2D eigenvalue weighted by Gasteiger charge is 2.25. The van der Waals surface area contributed by atoms with Gasteiger partial charge in [-0.3, -0.25) is 0 Å². The molecule has 1 aromatic heterocycles. The van der Waals surface area contributed by atoms with Crippen LogP contribution in [0.15, 0.2) is 0 Å². The van der Waals surface area contributed by atoms with E-state index in [-0.39, 0.29) is 11.7 Å². The van der Waals surface area contributed by atoms with E-state index in [9.17, 15) is 4.79 Å². The second kappa shape index (κ2) is 5.39. The molecule has 1 aliphatic rings. The maximum atomic E-state index is 11.7. The largest absolute Gasteiger partial charge is 0.461 e. The summed E-state index contributed by atoms with van der Waals surface area (Å²) < 4.78 is 12.2. The molecule has 18 heavy (non-hydrogen) atoms. The predicted molar refractivity (Wildman–Crippen MR) is 66.4 cm³/mol. The molecule has 2 heterocycles. The first-order valence-corrected chi connectivity index (χ1v) is 6.24. The van der Waals surface area contributed by atoms with Crippen LogP contribution in [-0.4, -0.2) is 35.3 Å². The number of carbonyl (C=O) groups is 1. The molecule has 1 aromatic rings. The topological polar surface area (TPSA) is 79.4 Å². The van der Waals surface area contributed by atoms with Gasteiger partial charge in [0.05, 0.1) is 6.61 Å². The number of carbonyl (C=O) groups excluding carboxylic acids is 1. The summed E-state index contributed by atoms with van der Waals surface area (Å²) >= 11 is 0. The average molecular weight is 253 g/mol. The second-order valence-electron chi connectivity index (χ2n) is 4.33. The first-order valence-electron chi connectivity index (χ1n) is 6.24. The van der Waals surface area contributed by atoms with Crippen molar-refractivity contribution in [3.63, 3.8) is 0 Å². The van der Waals surface area contributed by atoms with E-state index in [2.05, 4.69) is 4.98 Å². The molecular weight excluding hydrogens is 234 g/mol. The Morgan fingerprint density at radius 3 is 2.83 bits per heavy atom. The van der Waals surface area contributed by atoms with Gasteiger partial charge in [-0.15, -0.1) is 0 Å². The smallest absolute Gasteiger partial charge is 0.360 e. The van der Waals surface area contributed by atoms with E-state index < -0.39 is 5.97 Å². The standard InChI is InChI=1S/C12H19N3O3/c1-3-18-12(16)10-11(13)15(8(2)14-10)9-4-6-17-7-5-9/h9H,3-7,13H2,1-2H3. The van der Waals surface area contributed by atoms with E-state index in [1.807, 2.05) is 11.5 Å². The van der Waals surface area contributed by atoms with Crippen molar-refractivity contribution in [3.05, 3.63) is 11.5 Å². The summed E-state index contributed by atoms with van der Waals surface area (Å²) in [6.07, 6.45) is 1.79. The summed E-state index contributed by atoms with van der Waals surface area (Å²) in [6, 6.07) is 0.259. The molecule has 0 saturated carbocycles. The van der Waals surface area contributed by atoms with Crippen molar-refractivity contribution < 1.29 is 14.3 Å². The second-order valence-corrected chi connectivity index (χ2v) is 4.33. The molecule has 0 radical (unpaired) electrons. The Morgan fingerprint density at radius 2 is 2.22 bits per heavy atom. The number of ether oxygens (including phenoxy) is 2. The monoisotopic (exact) mass is 253 g/mol. The van der Waals surface area contributed by atoms with Crippen molar-refractivity contribution in [1.82, 2.24) is 9.55 Å². The minimum atomic E-state index is -0.455. The van der Waals surface area contributed by atoms with E-state index in [0.29, 0.717) is 12.4 Å². The molecule has 0 bridgehead atoms. The van der Waals surface area contributed by atoms with Crippen LogP contribution in [0.3, 0.4) is 0 Å². The van der Waals surface area contributed by atoms with Gasteiger partial charge in [0, 0.05) is 19.3 Å². The minimum absolute atomic E-state index is 0.223. The van der Waals surface area contributed by atoms with E-state index in [4.69, 9.17) is 15.2 Å². The number of nitrogens with zero attached hydrogens (tertiary/aromatic N) is 2. The zero-order valence-electron chi connectivity index (χ0n) is 10.8. The number of rotatable bonds is 3. The molecule has 0 amide bonds. The van der Waals surface area contributed by atoms with Crippen LogP contribution in [0.25, 0.3) is 0 Å². The normalized spacial score (nSPS) is 16.8. The fourth-order valence-electron chi connectivity index (χ4n) is 2.32.